The van der Waals surface area contributed by atoms with E-state index >= 15 is 0 Å². The first-order chi connectivity index (χ1) is 9.65. The molecule has 20 heavy (non-hydrogen) atoms. The van der Waals surface area contributed by atoms with Crippen molar-refractivity contribution in [2.75, 3.05) is 18.2 Å². The fraction of sp³-hybridized carbons (Fsp3) is 0.571. The van der Waals surface area contributed by atoms with Gasteiger partial charge in [-0.1, -0.05) is 13.3 Å². The van der Waals surface area contributed by atoms with Gasteiger partial charge in [-0.15, -0.1) is 0 Å². The van der Waals surface area contributed by atoms with E-state index in [-0.39, 0.29) is 10.6 Å². The van der Waals surface area contributed by atoms with E-state index in [9.17, 15) is 10.1 Å². The Labute approximate surface area is 123 Å². The van der Waals surface area contributed by atoms with Crippen molar-refractivity contribution in [1.82, 2.24) is 0 Å². The minimum absolute atomic E-state index is 0.109. The monoisotopic (exact) mass is 296 g/mol. The van der Waals surface area contributed by atoms with Gasteiger partial charge in [0, 0.05) is 23.4 Å². The molecule has 0 aliphatic heterocycles. The van der Waals surface area contributed by atoms with Crippen LogP contribution >= 0.6 is 11.8 Å². The number of benzene rings is 1. The second-order valence-electron chi connectivity index (χ2n) is 4.82. The van der Waals surface area contributed by atoms with E-state index in [0.29, 0.717) is 22.7 Å². The SMILES string of the molecule is CCSC1CCCC1Nc1cc(OC)ccc1[N+](=O)[O-]. The first-order valence-corrected chi connectivity index (χ1v) is 7.91. The molecule has 6 heteroatoms. The van der Waals surface area contributed by atoms with Crippen molar-refractivity contribution in [3.05, 3.63) is 28.3 Å². The van der Waals surface area contributed by atoms with Crippen LogP contribution in [-0.4, -0.2) is 29.1 Å². The first kappa shape index (κ1) is 15.0. The lowest BCUT2D eigenvalue weighted by Gasteiger charge is -2.21. The summed E-state index contributed by atoms with van der Waals surface area (Å²) in [5.74, 6) is 1.71. The highest BCUT2D eigenvalue weighted by Gasteiger charge is 2.29. The van der Waals surface area contributed by atoms with Crippen molar-refractivity contribution in [1.29, 1.82) is 0 Å². The minimum atomic E-state index is -0.349. The van der Waals surface area contributed by atoms with E-state index in [1.807, 2.05) is 11.8 Å². The molecule has 1 aromatic rings. The molecule has 110 valence electrons. The molecule has 1 N–H and O–H groups in total. The van der Waals surface area contributed by atoms with Crippen molar-refractivity contribution in [3.63, 3.8) is 0 Å². The highest BCUT2D eigenvalue weighted by atomic mass is 32.2. The number of methoxy groups -OCH3 is 1. The van der Waals surface area contributed by atoms with E-state index in [1.54, 1.807) is 19.2 Å². The fourth-order valence-corrected chi connectivity index (χ4v) is 3.82. The maximum Gasteiger partial charge on any atom is 0.292 e. The van der Waals surface area contributed by atoms with Gasteiger partial charge in [-0.3, -0.25) is 10.1 Å². The predicted molar refractivity (Wildman–Crippen MR) is 82.8 cm³/mol. The number of rotatable bonds is 6. The van der Waals surface area contributed by atoms with Crippen LogP contribution in [0.2, 0.25) is 0 Å². The maximum absolute atomic E-state index is 11.1. The molecule has 2 unspecified atom stereocenters. The molecule has 0 bridgehead atoms. The molecule has 0 heterocycles. The number of nitrogens with one attached hydrogen (secondary N) is 1. The van der Waals surface area contributed by atoms with Gasteiger partial charge >= 0.3 is 0 Å². The van der Waals surface area contributed by atoms with Crippen molar-refractivity contribution in [3.8, 4) is 5.75 Å². The Morgan fingerprint density at radius 3 is 2.95 bits per heavy atom. The Morgan fingerprint density at radius 1 is 1.50 bits per heavy atom. The first-order valence-electron chi connectivity index (χ1n) is 6.86. The van der Waals surface area contributed by atoms with Crippen molar-refractivity contribution < 1.29 is 9.66 Å². The maximum atomic E-state index is 11.1. The Hall–Kier alpha value is -1.43. The third-order valence-corrected chi connectivity index (χ3v) is 4.90. The molecule has 1 fully saturated rings. The van der Waals surface area contributed by atoms with Gasteiger partial charge in [0.25, 0.3) is 5.69 Å². The minimum Gasteiger partial charge on any atom is -0.497 e. The number of hydrogen-bond donors (Lipinski definition) is 1. The summed E-state index contributed by atoms with van der Waals surface area (Å²) in [6, 6.07) is 5.13. The summed E-state index contributed by atoms with van der Waals surface area (Å²) in [6.07, 6.45) is 3.41. The summed E-state index contributed by atoms with van der Waals surface area (Å²) >= 11 is 1.93. The number of ether oxygens (including phenoxy) is 1. The van der Waals surface area contributed by atoms with Gasteiger partial charge in [0.05, 0.1) is 12.0 Å². The number of nitrogens with zero attached hydrogens (tertiary/aromatic N) is 1. The van der Waals surface area contributed by atoms with E-state index in [2.05, 4.69) is 12.2 Å². The van der Waals surface area contributed by atoms with E-state index in [1.165, 1.54) is 18.9 Å². The topological polar surface area (TPSA) is 64.4 Å². The molecule has 5 nitrogen and oxygen atoms in total. The average Bonchev–Trinajstić information content (AvgIpc) is 2.86. The number of nitro groups is 1. The Balaban J connectivity index is 2.20. The quantitative estimate of drug-likeness (QED) is 0.640. The second kappa shape index (κ2) is 6.83. The van der Waals surface area contributed by atoms with Crippen LogP contribution in [0.3, 0.4) is 0 Å². The van der Waals surface area contributed by atoms with E-state index in [0.717, 1.165) is 12.2 Å². The van der Waals surface area contributed by atoms with Crippen LogP contribution in [0.4, 0.5) is 11.4 Å². The largest absolute Gasteiger partial charge is 0.497 e. The lowest BCUT2D eigenvalue weighted by atomic mass is 10.2. The van der Waals surface area contributed by atoms with Gasteiger partial charge in [0.15, 0.2) is 0 Å². The van der Waals surface area contributed by atoms with E-state index in [4.69, 9.17) is 4.74 Å². The Bertz CT molecular complexity index is 481. The summed E-state index contributed by atoms with van der Waals surface area (Å²) < 4.78 is 5.16. The summed E-state index contributed by atoms with van der Waals surface area (Å²) in [5, 5.41) is 15.0. The average molecular weight is 296 g/mol. The normalized spacial score (nSPS) is 21.7. The summed E-state index contributed by atoms with van der Waals surface area (Å²) in [4.78, 5) is 10.8. The van der Waals surface area contributed by atoms with Gasteiger partial charge in [-0.2, -0.15) is 11.8 Å². The highest BCUT2D eigenvalue weighted by molar-refractivity contribution is 7.99. The molecule has 0 aromatic heterocycles. The summed E-state index contributed by atoms with van der Waals surface area (Å²) in [5.41, 5.74) is 0.668. The molecular formula is C14H20N2O3S. The Morgan fingerprint density at radius 2 is 2.30 bits per heavy atom. The second-order valence-corrected chi connectivity index (χ2v) is 6.33. The molecule has 0 saturated heterocycles. The number of anilines is 1. The molecular weight excluding hydrogens is 276 g/mol. The fourth-order valence-electron chi connectivity index (χ4n) is 2.62. The van der Waals surface area contributed by atoms with Crippen molar-refractivity contribution in [2.24, 2.45) is 0 Å². The Kier molecular flexibility index (Phi) is 5.11. The summed E-state index contributed by atoms with van der Waals surface area (Å²) in [6.45, 7) is 2.15. The molecule has 2 atom stereocenters. The molecule has 1 aliphatic carbocycles. The van der Waals surface area contributed by atoms with Crippen LogP contribution in [0.1, 0.15) is 26.2 Å². The van der Waals surface area contributed by atoms with Crippen molar-refractivity contribution >= 4 is 23.1 Å². The molecule has 1 aromatic carbocycles. The molecule has 1 aliphatic rings. The van der Waals surface area contributed by atoms with Gasteiger partial charge in [0.2, 0.25) is 0 Å². The van der Waals surface area contributed by atoms with Crippen LogP contribution in [-0.2, 0) is 0 Å². The highest BCUT2D eigenvalue weighted by Crippen LogP contribution is 2.35. The molecule has 1 saturated carbocycles. The van der Waals surface area contributed by atoms with Crippen LogP contribution in [0.25, 0.3) is 0 Å². The van der Waals surface area contributed by atoms with Crippen LogP contribution in [0.5, 0.6) is 5.75 Å². The van der Waals surface area contributed by atoms with Crippen LogP contribution in [0.15, 0.2) is 18.2 Å². The number of thioether (sulfide) groups is 1. The lowest BCUT2D eigenvalue weighted by molar-refractivity contribution is -0.384. The van der Waals surface area contributed by atoms with Crippen LogP contribution < -0.4 is 10.1 Å². The number of nitro benzene ring substituents is 1. The zero-order chi connectivity index (χ0) is 14.5. The third-order valence-electron chi connectivity index (χ3n) is 3.57. The zero-order valence-electron chi connectivity index (χ0n) is 11.8. The van der Waals surface area contributed by atoms with E-state index < -0.39 is 0 Å². The van der Waals surface area contributed by atoms with Gasteiger partial charge < -0.3 is 10.1 Å². The standard InChI is InChI=1S/C14H20N2O3S/c1-3-20-14-6-4-5-11(14)15-12-9-10(19-2)7-8-13(12)16(17)18/h7-9,11,14-15H,3-6H2,1-2H3. The molecule has 0 amide bonds. The summed E-state index contributed by atoms with van der Waals surface area (Å²) in [7, 11) is 1.57. The van der Waals surface area contributed by atoms with Gasteiger partial charge in [0.1, 0.15) is 11.4 Å². The molecule has 2 rings (SSSR count). The predicted octanol–water partition coefficient (Wildman–Crippen LogP) is 3.69. The van der Waals surface area contributed by atoms with Crippen molar-refractivity contribution in [2.45, 2.75) is 37.5 Å². The number of hydrogen-bond acceptors (Lipinski definition) is 5. The smallest absolute Gasteiger partial charge is 0.292 e. The third kappa shape index (κ3) is 3.36. The van der Waals surface area contributed by atoms with Gasteiger partial charge in [-0.25, -0.2) is 0 Å². The molecule has 0 spiro atoms. The molecule has 0 radical (unpaired) electrons. The lowest BCUT2D eigenvalue weighted by Crippen LogP contribution is -2.26. The van der Waals surface area contributed by atoms with Crippen LogP contribution in [0, 0.1) is 10.1 Å². The zero-order valence-corrected chi connectivity index (χ0v) is 12.6. The van der Waals surface area contributed by atoms with Gasteiger partial charge in [-0.05, 0) is 24.7 Å².